The molecule has 0 bridgehead atoms. The summed E-state index contributed by atoms with van der Waals surface area (Å²) >= 11 is 0. The molecule has 1 fully saturated rings. The third kappa shape index (κ3) is 2.59. The number of nitrogens with zero attached hydrogens (tertiary/aromatic N) is 1. The lowest BCUT2D eigenvalue weighted by Gasteiger charge is -2.15. The molecule has 1 unspecified atom stereocenters. The molecular formula is C9H19N3O. The second-order valence-electron chi connectivity index (χ2n) is 3.85. The monoisotopic (exact) mass is 185 g/mol. The topological polar surface area (TPSA) is 44.4 Å². The molecule has 0 spiro atoms. The molecule has 0 radical (unpaired) electrons. The quantitative estimate of drug-likeness (QED) is 0.659. The van der Waals surface area contributed by atoms with Crippen LogP contribution in [0, 0.1) is 5.92 Å². The van der Waals surface area contributed by atoms with Crippen LogP contribution in [0.25, 0.3) is 0 Å². The molecule has 2 amide bonds. The molecule has 0 aromatic rings. The van der Waals surface area contributed by atoms with E-state index in [4.69, 9.17) is 0 Å². The number of urea groups is 1. The van der Waals surface area contributed by atoms with Crippen molar-refractivity contribution < 1.29 is 4.79 Å². The van der Waals surface area contributed by atoms with Crippen molar-refractivity contribution in [3.63, 3.8) is 0 Å². The predicted octanol–water partition coefficient (Wildman–Crippen LogP) is 0.256. The highest BCUT2D eigenvalue weighted by atomic mass is 16.2. The number of hydrogen-bond donors (Lipinski definition) is 2. The zero-order chi connectivity index (χ0) is 9.84. The molecule has 4 heteroatoms. The molecule has 1 heterocycles. The first-order valence-corrected chi connectivity index (χ1v) is 4.85. The van der Waals surface area contributed by atoms with Gasteiger partial charge in [0.05, 0.1) is 6.04 Å². The molecule has 0 aliphatic carbocycles. The average Bonchev–Trinajstić information content (AvgIpc) is 2.44. The standard InChI is InChI=1S/C9H19N3O/c1-7(2)8-6-12(5-4-10-3)9(13)11-8/h7-8,10H,4-6H2,1-3H3,(H,11,13). The molecule has 1 rings (SSSR count). The smallest absolute Gasteiger partial charge is 0.317 e. The Labute approximate surface area is 79.7 Å². The molecule has 13 heavy (non-hydrogen) atoms. The van der Waals surface area contributed by atoms with Gasteiger partial charge in [-0.3, -0.25) is 0 Å². The Hall–Kier alpha value is -0.770. The molecule has 0 saturated carbocycles. The fraction of sp³-hybridized carbons (Fsp3) is 0.889. The summed E-state index contributed by atoms with van der Waals surface area (Å²) in [6.07, 6.45) is 0. The van der Waals surface area contributed by atoms with Gasteiger partial charge >= 0.3 is 6.03 Å². The van der Waals surface area contributed by atoms with E-state index >= 15 is 0 Å². The lowest BCUT2D eigenvalue weighted by Crippen LogP contribution is -2.33. The number of amides is 2. The highest BCUT2D eigenvalue weighted by Crippen LogP contribution is 2.10. The van der Waals surface area contributed by atoms with E-state index < -0.39 is 0 Å². The maximum Gasteiger partial charge on any atom is 0.317 e. The minimum atomic E-state index is 0.0777. The first-order chi connectivity index (χ1) is 6.15. The normalized spacial score (nSPS) is 22.6. The van der Waals surface area contributed by atoms with Gasteiger partial charge < -0.3 is 15.5 Å². The summed E-state index contributed by atoms with van der Waals surface area (Å²) in [6.45, 7) is 6.76. The van der Waals surface area contributed by atoms with Crippen LogP contribution in [-0.4, -0.2) is 43.7 Å². The second-order valence-corrected chi connectivity index (χ2v) is 3.85. The van der Waals surface area contributed by atoms with E-state index in [1.165, 1.54) is 0 Å². The molecule has 2 N–H and O–H groups in total. The third-order valence-corrected chi connectivity index (χ3v) is 2.45. The van der Waals surface area contributed by atoms with Gasteiger partial charge in [0.1, 0.15) is 0 Å². The Balaban J connectivity index is 2.37. The number of rotatable bonds is 4. The van der Waals surface area contributed by atoms with E-state index in [1.54, 1.807) is 0 Å². The Morgan fingerprint density at radius 2 is 2.38 bits per heavy atom. The van der Waals surface area contributed by atoms with Gasteiger partial charge in [-0.1, -0.05) is 13.8 Å². The first kappa shape index (κ1) is 10.3. The van der Waals surface area contributed by atoms with Crippen molar-refractivity contribution in [2.24, 2.45) is 5.92 Å². The van der Waals surface area contributed by atoms with Gasteiger partial charge in [-0.25, -0.2) is 4.79 Å². The van der Waals surface area contributed by atoms with Crippen molar-refractivity contribution in [3.05, 3.63) is 0 Å². The van der Waals surface area contributed by atoms with Crippen LogP contribution in [0.2, 0.25) is 0 Å². The van der Waals surface area contributed by atoms with Crippen molar-refractivity contribution >= 4 is 6.03 Å². The molecule has 1 aliphatic heterocycles. The van der Waals surface area contributed by atoms with Crippen LogP contribution in [0.3, 0.4) is 0 Å². The zero-order valence-corrected chi connectivity index (χ0v) is 8.63. The predicted molar refractivity (Wildman–Crippen MR) is 52.7 cm³/mol. The summed E-state index contributed by atoms with van der Waals surface area (Å²) in [5.74, 6) is 0.517. The Morgan fingerprint density at radius 3 is 2.85 bits per heavy atom. The summed E-state index contributed by atoms with van der Waals surface area (Å²) in [4.78, 5) is 13.2. The summed E-state index contributed by atoms with van der Waals surface area (Å²) in [7, 11) is 1.90. The Kier molecular flexibility index (Phi) is 3.54. The van der Waals surface area contributed by atoms with Crippen molar-refractivity contribution in [2.75, 3.05) is 26.7 Å². The van der Waals surface area contributed by atoms with Crippen LogP contribution in [0.4, 0.5) is 4.79 Å². The molecule has 0 aromatic carbocycles. The van der Waals surface area contributed by atoms with Gasteiger partial charge in [0.25, 0.3) is 0 Å². The summed E-state index contributed by atoms with van der Waals surface area (Å²) < 4.78 is 0. The highest BCUT2D eigenvalue weighted by molar-refractivity contribution is 5.76. The zero-order valence-electron chi connectivity index (χ0n) is 8.63. The van der Waals surface area contributed by atoms with E-state index in [1.807, 2.05) is 11.9 Å². The van der Waals surface area contributed by atoms with Gasteiger partial charge in [-0.2, -0.15) is 0 Å². The summed E-state index contributed by atoms with van der Waals surface area (Å²) in [6, 6.07) is 0.401. The fourth-order valence-electron chi connectivity index (χ4n) is 1.43. The molecule has 1 aliphatic rings. The van der Waals surface area contributed by atoms with E-state index in [2.05, 4.69) is 24.5 Å². The number of carbonyl (C=O) groups is 1. The minimum Gasteiger partial charge on any atom is -0.333 e. The maximum atomic E-state index is 11.4. The Morgan fingerprint density at radius 1 is 1.69 bits per heavy atom. The Bertz CT molecular complexity index is 182. The van der Waals surface area contributed by atoms with Crippen LogP contribution in [0.15, 0.2) is 0 Å². The average molecular weight is 185 g/mol. The highest BCUT2D eigenvalue weighted by Gasteiger charge is 2.29. The molecule has 76 valence electrons. The molecule has 1 atom stereocenters. The van der Waals surface area contributed by atoms with Crippen LogP contribution < -0.4 is 10.6 Å². The van der Waals surface area contributed by atoms with Gasteiger partial charge in [0, 0.05) is 19.6 Å². The number of carbonyl (C=O) groups excluding carboxylic acids is 1. The van der Waals surface area contributed by atoms with Gasteiger partial charge in [-0.05, 0) is 13.0 Å². The number of nitrogens with one attached hydrogen (secondary N) is 2. The van der Waals surface area contributed by atoms with Crippen LogP contribution in [-0.2, 0) is 0 Å². The summed E-state index contributed by atoms with van der Waals surface area (Å²) in [5, 5.41) is 6.01. The molecular weight excluding hydrogens is 166 g/mol. The van der Waals surface area contributed by atoms with Gasteiger partial charge in [-0.15, -0.1) is 0 Å². The lowest BCUT2D eigenvalue weighted by atomic mass is 10.1. The third-order valence-electron chi connectivity index (χ3n) is 2.45. The van der Waals surface area contributed by atoms with Crippen LogP contribution in [0.1, 0.15) is 13.8 Å². The second kappa shape index (κ2) is 4.46. The van der Waals surface area contributed by atoms with Crippen molar-refractivity contribution in [1.29, 1.82) is 0 Å². The molecule has 1 saturated heterocycles. The van der Waals surface area contributed by atoms with E-state index in [9.17, 15) is 4.79 Å². The van der Waals surface area contributed by atoms with Gasteiger partial charge in [0.15, 0.2) is 0 Å². The van der Waals surface area contributed by atoms with Crippen molar-refractivity contribution in [1.82, 2.24) is 15.5 Å². The van der Waals surface area contributed by atoms with E-state index in [0.29, 0.717) is 12.0 Å². The first-order valence-electron chi connectivity index (χ1n) is 4.85. The lowest BCUT2D eigenvalue weighted by molar-refractivity contribution is 0.218. The van der Waals surface area contributed by atoms with Crippen molar-refractivity contribution in [3.8, 4) is 0 Å². The maximum absolute atomic E-state index is 11.4. The fourth-order valence-corrected chi connectivity index (χ4v) is 1.43. The molecule has 0 aromatic heterocycles. The summed E-state index contributed by atoms with van der Waals surface area (Å²) in [5.41, 5.74) is 0. The number of hydrogen-bond acceptors (Lipinski definition) is 2. The minimum absolute atomic E-state index is 0.0777. The van der Waals surface area contributed by atoms with E-state index in [0.717, 1.165) is 19.6 Å². The SMILES string of the molecule is CNCCN1CC(C(C)C)NC1=O. The van der Waals surface area contributed by atoms with Crippen LogP contribution >= 0.6 is 0 Å². The van der Waals surface area contributed by atoms with Gasteiger partial charge in [0.2, 0.25) is 0 Å². The number of likely N-dealkylation sites (N-methyl/N-ethyl adjacent to an activating group) is 1. The van der Waals surface area contributed by atoms with E-state index in [-0.39, 0.29) is 6.03 Å². The largest absolute Gasteiger partial charge is 0.333 e. The van der Waals surface area contributed by atoms with Crippen LogP contribution in [0.5, 0.6) is 0 Å². The molecule has 4 nitrogen and oxygen atoms in total. The van der Waals surface area contributed by atoms with Crippen molar-refractivity contribution in [2.45, 2.75) is 19.9 Å².